The summed E-state index contributed by atoms with van der Waals surface area (Å²) in [5.41, 5.74) is 1.76. The minimum Gasteiger partial charge on any atom is -0.363 e. The van der Waals surface area contributed by atoms with Gasteiger partial charge in [0.15, 0.2) is 0 Å². The third-order valence-corrected chi connectivity index (χ3v) is 2.73. The van der Waals surface area contributed by atoms with E-state index in [1.165, 1.54) is 0 Å². The molecule has 2 aromatic rings. The van der Waals surface area contributed by atoms with Crippen LogP contribution >= 0.6 is 0 Å². The van der Waals surface area contributed by atoms with Crippen LogP contribution in [0.5, 0.6) is 0 Å². The van der Waals surface area contributed by atoms with E-state index in [9.17, 15) is 4.39 Å². The summed E-state index contributed by atoms with van der Waals surface area (Å²) in [6.45, 7) is 0.186. The average Bonchev–Trinajstić information content (AvgIpc) is 2.46. The number of anilines is 2. The fraction of sp³-hybridized carbons (Fsp3) is 0.286. The van der Waals surface area contributed by atoms with Crippen molar-refractivity contribution in [2.24, 2.45) is 0 Å². The number of rotatable bonds is 5. The van der Waals surface area contributed by atoms with E-state index < -0.39 is 6.67 Å². The van der Waals surface area contributed by atoms with Gasteiger partial charge in [0.25, 0.3) is 0 Å². The summed E-state index contributed by atoms with van der Waals surface area (Å²) in [6.07, 6.45) is 1.72. The average molecular weight is 260 g/mol. The van der Waals surface area contributed by atoms with Crippen LogP contribution in [0.3, 0.4) is 0 Å². The maximum absolute atomic E-state index is 12.4. The van der Waals surface area contributed by atoms with Crippen molar-refractivity contribution in [2.45, 2.75) is 13.2 Å². The molecular formula is C14H17FN4. The van der Waals surface area contributed by atoms with E-state index in [-0.39, 0.29) is 0 Å². The largest absolute Gasteiger partial charge is 0.363 e. The van der Waals surface area contributed by atoms with Gasteiger partial charge in [-0.05, 0) is 17.2 Å². The zero-order valence-electron chi connectivity index (χ0n) is 11.1. The summed E-state index contributed by atoms with van der Waals surface area (Å²) in [4.78, 5) is 10.4. The Morgan fingerprint density at radius 2 is 1.79 bits per heavy atom. The lowest BCUT2D eigenvalue weighted by molar-refractivity contribution is 0.485. The number of hydrogen-bond donors (Lipinski definition) is 1. The van der Waals surface area contributed by atoms with Crippen LogP contribution in [-0.4, -0.2) is 24.1 Å². The van der Waals surface area contributed by atoms with E-state index in [1.54, 1.807) is 18.3 Å². The molecule has 0 unspecified atom stereocenters. The lowest BCUT2D eigenvalue weighted by Gasteiger charge is -2.12. The number of nitrogens with zero attached hydrogens (tertiary/aromatic N) is 3. The molecule has 0 aliphatic rings. The highest BCUT2D eigenvalue weighted by molar-refractivity contribution is 5.41. The summed E-state index contributed by atoms with van der Waals surface area (Å²) >= 11 is 0. The van der Waals surface area contributed by atoms with Gasteiger partial charge in [0.1, 0.15) is 12.5 Å². The maximum atomic E-state index is 12.4. The number of benzene rings is 1. The number of aromatic nitrogens is 2. The molecule has 0 saturated heterocycles. The van der Waals surface area contributed by atoms with Crippen LogP contribution in [0.25, 0.3) is 0 Å². The Morgan fingerprint density at radius 3 is 2.42 bits per heavy atom. The van der Waals surface area contributed by atoms with Crippen LogP contribution in [-0.2, 0) is 13.2 Å². The highest BCUT2D eigenvalue weighted by Crippen LogP contribution is 2.10. The predicted molar refractivity (Wildman–Crippen MR) is 74.9 cm³/mol. The normalized spacial score (nSPS) is 10.3. The molecule has 0 aliphatic carbocycles. The lowest BCUT2D eigenvalue weighted by Crippen LogP contribution is -2.12. The molecule has 0 fully saturated rings. The summed E-state index contributed by atoms with van der Waals surface area (Å²) in [6, 6.07) is 9.22. The van der Waals surface area contributed by atoms with E-state index in [4.69, 9.17) is 0 Å². The molecule has 19 heavy (non-hydrogen) atoms. The van der Waals surface area contributed by atoms with Crippen LogP contribution in [0.15, 0.2) is 36.5 Å². The fourth-order valence-corrected chi connectivity index (χ4v) is 1.61. The molecule has 5 heteroatoms. The molecule has 0 radical (unpaired) electrons. The number of nitrogens with one attached hydrogen (secondary N) is 1. The van der Waals surface area contributed by atoms with Gasteiger partial charge in [-0.3, -0.25) is 0 Å². The van der Waals surface area contributed by atoms with Crippen molar-refractivity contribution in [2.75, 3.05) is 24.3 Å². The summed E-state index contributed by atoms with van der Waals surface area (Å²) in [7, 11) is 3.86. The highest BCUT2D eigenvalue weighted by Gasteiger charge is 2.01. The second-order valence-electron chi connectivity index (χ2n) is 4.44. The Labute approximate surface area is 112 Å². The molecule has 1 aromatic heterocycles. The van der Waals surface area contributed by atoms with Crippen molar-refractivity contribution in [1.29, 1.82) is 0 Å². The Bertz CT molecular complexity index is 525. The van der Waals surface area contributed by atoms with Gasteiger partial charge in [0, 0.05) is 26.8 Å². The predicted octanol–water partition coefficient (Wildman–Crippen LogP) is 2.62. The quantitative estimate of drug-likeness (QED) is 0.897. The third-order valence-electron chi connectivity index (χ3n) is 2.73. The molecule has 1 N–H and O–H groups in total. The van der Waals surface area contributed by atoms with Gasteiger partial charge < -0.3 is 10.2 Å². The SMILES string of the molecule is CN(C)c1ccnc(NCc2ccc(CF)cc2)n1. The minimum absolute atomic E-state index is 0.429. The second kappa shape index (κ2) is 6.13. The van der Waals surface area contributed by atoms with E-state index in [1.807, 2.05) is 37.2 Å². The molecule has 1 heterocycles. The van der Waals surface area contributed by atoms with Gasteiger partial charge >= 0.3 is 0 Å². The van der Waals surface area contributed by atoms with E-state index in [0.29, 0.717) is 18.1 Å². The topological polar surface area (TPSA) is 41.1 Å². The smallest absolute Gasteiger partial charge is 0.224 e. The Kier molecular flexibility index (Phi) is 4.28. The molecule has 2 rings (SSSR count). The van der Waals surface area contributed by atoms with Gasteiger partial charge in [0.05, 0.1) is 0 Å². The first-order valence-corrected chi connectivity index (χ1v) is 6.07. The number of hydrogen-bond acceptors (Lipinski definition) is 4. The van der Waals surface area contributed by atoms with E-state index in [0.717, 1.165) is 11.4 Å². The Morgan fingerprint density at radius 1 is 1.11 bits per heavy atom. The molecule has 0 amide bonds. The minimum atomic E-state index is -0.429. The van der Waals surface area contributed by atoms with Crippen LogP contribution in [0.2, 0.25) is 0 Å². The van der Waals surface area contributed by atoms with Crippen molar-refractivity contribution in [1.82, 2.24) is 9.97 Å². The summed E-state index contributed by atoms with van der Waals surface area (Å²) in [5.74, 6) is 1.44. The molecule has 4 nitrogen and oxygen atoms in total. The van der Waals surface area contributed by atoms with Crippen molar-refractivity contribution in [3.05, 3.63) is 47.7 Å². The molecule has 0 spiro atoms. The molecule has 0 atom stereocenters. The maximum Gasteiger partial charge on any atom is 0.224 e. The van der Waals surface area contributed by atoms with Crippen molar-refractivity contribution >= 4 is 11.8 Å². The van der Waals surface area contributed by atoms with Gasteiger partial charge in [-0.1, -0.05) is 24.3 Å². The van der Waals surface area contributed by atoms with E-state index in [2.05, 4.69) is 15.3 Å². The van der Waals surface area contributed by atoms with Crippen molar-refractivity contribution in [3.8, 4) is 0 Å². The second-order valence-corrected chi connectivity index (χ2v) is 4.44. The molecule has 0 aliphatic heterocycles. The first-order chi connectivity index (χ1) is 9.19. The lowest BCUT2D eigenvalue weighted by atomic mass is 10.1. The van der Waals surface area contributed by atoms with Crippen LogP contribution < -0.4 is 10.2 Å². The fourth-order valence-electron chi connectivity index (χ4n) is 1.61. The van der Waals surface area contributed by atoms with Crippen molar-refractivity contribution < 1.29 is 4.39 Å². The number of halogens is 1. The zero-order chi connectivity index (χ0) is 13.7. The zero-order valence-corrected chi connectivity index (χ0v) is 11.1. The van der Waals surface area contributed by atoms with Crippen LogP contribution in [0.4, 0.5) is 16.2 Å². The monoisotopic (exact) mass is 260 g/mol. The highest BCUT2D eigenvalue weighted by atomic mass is 19.1. The van der Waals surface area contributed by atoms with Crippen LogP contribution in [0.1, 0.15) is 11.1 Å². The van der Waals surface area contributed by atoms with Gasteiger partial charge in [-0.2, -0.15) is 4.98 Å². The standard InChI is InChI=1S/C14H17FN4/c1-19(2)13-7-8-16-14(18-13)17-10-12-5-3-11(9-15)4-6-12/h3-8H,9-10H2,1-2H3,(H,16,17,18). The van der Waals surface area contributed by atoms with Gasteiger partial charge in [-0.25, -0.2) is 9.37 Å². The Hall–Kier alpha value is -2.17. The molecule has 0 saturated carbocycles. The van der Waals surface area contributed by atoms with Gasteiger partial charge in [0.2, 0.25) is 5.95 Å². The first-order valence-electron chi connectivity index (χ1n) is 6.07. The number of alkyl halides is 1. The van der Waals surface area contributed by atoms with Gasteiger partial charge in [-0.15, -0.1) is 0 Å². The molecular weight excluding hydrogens is 243 g/mol. The third kappa shape index (κ3) is 3.64. The molecule has 0 bridgehead atoms. The first kappa shape index (κ1) is 13.3. The summed E-state index contributed by atoms with van der Waals surface area (Å²) in [5, 5.41) is 3.15. The Balaban J connectivity index is 1.99. The molecule has 1 aromatic carbocycles. The molecule has 100 valence electrons. The van der Waals surface area contributed by atoms with Crippen molar-refractivity contribution in [3.63, 3.8) is 0 Å². The van der Waals surface area contributed by atoms with Crippen LogP contribution in [0, 0.1) is 0 Å². The summed E-state index contributed by atoms with van der Waals surface area (Å²) < 4.78 is 12.4. The van der Waals surface area contributed by atoms with E-state index >= 15 is 0 Å².